The molecule has 5 atom stereocenters. The SMILES string of the molecule is COC[C@@](CC(=O)O)(OC[C@H]1O[C@@H](n2ncc3c(NC4CCCC4)nc(Cl)nc32)[C@H](O)[C@@H]1O)P(=O)(O)O. The number of anilines is 1. The van der Waals surface area contributed by atoms with Gasteiger partial charge in [0.1, 0.15) is 24.1 Å². The number of carboxylic acids is 1. The molecule has 2 aliphatic rings. The number of aliphatic hydroxyl groups excluding tert-OH is 2. The molecule has 2 aromatic rings. The van der Waals surface area contributed by atoms with Gasteiger partial charge in [-0.1, -0.05) is 12.8 Å². The van der Waals surface area contributed by atoms with Crippen LogP contribution in [-0.4, -0.2) is 101 Å². The molecule has 0 spiro atoms. The van der Waals surface area contributed by atoms with E-state index in [0.29, 0.717) is 11.2 Å². The Morgan fingerprint density at radius 2 is 2.00 bits per heavy atom. The van der Waals surface area contributed by atoms with Crippen LogP contribution in [0.25, 0.3) is 11.0 Å². The van der Waals surface area contributed by atoms with Crippen molar-refractivity contribution in [3.63, 3.8) is 0 Å². The third-order valence-corrected chi connectivity index (χ3v) is 8.19. The molecule has 6 N–H and O–H groups in total. The van der Waals surface area contributed by atoms with Gasteiger partial charge in [0.2, 0.25) is 10.6 Å². The fourth-order valence-corrected chi connectivity index (χ4v) is 5.69. The number of hydrogen-bond donors (Lipinski definition) is 6. The Balaban J connectivity index is 1.56. The molecule has 1 aliphatic carbocycles. The number of carbonyl (C=O) groups is 1. The Kier molecular flexibility index (Phi) is 8.38. The summed E-state index contributed by atoms with van der Waals surface area (Å²) in [6.07, 6.45) is -1.11. The van der Waals surface area contributed by atoms with Crippen LogP contribution in [-0.2, 0) is 23.6 Å². The average Bonchev–Trinajstić information content (AvgIpc) is 3.52. The highest BCUT2D eigenvalue weighted by atomic mass is 35.5. The van der Waals surface area contributed by atoms with Gasteiger partial charge in [-0.3, -0.25) is 9.36 Å². The Bertz CT molecular complexity index is 1170. The summed E-state index contributed by atoms with van der Waals surface area (Å²) < 4.78 is 29.3. The summed E-state index contributed by atoms with van der Waals surface area (Å²) in [5.41, 5.74) is 0.230. The second kappa shape index (κ2) is 11.0. The highest BCUT2D eigenvalue weighted by Crippen LogP contribution is 2.54. The molecule has 206 valence electrons. The minimum absolute atomic E-state index is 0.0673. The molecule has 0 unspecified atom stereocenters. The van der Waals surface area contributed by atoms with Crippen LogP contribution in [0, 0.1) is 0 Å². The van der Waals surface area contributed by atoms with Gasteiger partial charge < -0.3 is 44.6 Å². The quantitative estimate of drug-likeness (QED) is 0.161. The molecule has 0 bridgehead atoms. The number of hydrogen-bond acceptors (Lipinski definition) is 11. The average molecular weight is 566 g/mol. The molecule has 37 heavy (non-hydrogen) atoms. The normalized spacial score (nSPS) is 26.5. The zero-order valence-electron chi connectivity index (χ0n) is 19.8. The van der Waals surface area contributed by atoms with Gasteiger partial charge in [0.15, 0.2) is 11.9 Å². The molecule has 4 rings (SSSR count). The molecular weight excluding hydrogens is 537 g/mol. The van der Waals surface area contributed by atoms with Crippen molar-refractivity contribution in [2.45, 2.75) is 68.0 Å². The van der Waals surface area contributed by atoms with Gasteiger partial charge in [-0.15, -0.1) is 0 Å². The lowest BCUT2D eigenvalue weighted by Gasteiger charge is -2.33. The van der Waals surface area contributed by atoms with Crippen molar-refractivity contribution < 1.29 is 48.7 Å². The standard InChI is InChI=1S/C20H29ClN5O10P/c1-34-9-20(6-13(27)28,37(31,32)33)35-8-12-14(29)15(30)18(36-12)26-17-11(7-22-26)16(24-19(21)25-17)23-10-4-2-3-5-10/h7,10,12,14-15,18,29-30H,2-6,8-9H2,1H3,(H,27,28)(H,23,24,25)(H2,31,32,33)/t12-,14-,15-,18-,20+/m1/s1. The van der Waals surface area contributed by atoms with E-state index in [1.54, 1.807) is 0 Å². The molecule has 3 heterocycles. The Morgan fingerprint density at radius 1 is 1.30 bits per heavy atom. The van der Waals surface area contributed by atoms with E-state index in [0.717, 1.165) is 32.8 Å². The highest BCUT2D eigenvalue weighted by Gasteiger charge is 2.53. The number of nitrogens with one attached hydrogen (secondary N) is 1. The topological polar surface area (TPSA) is 219 Å². The maximum absolute atomic E-state index is 12.1. The van der Waals surface area contributed by atoms with Crippen molar-refractivity contribution in [1.82, 2.24) is 19.7 Å². The predicted octanol–water partition coefficient (Wildman–Crippen LogP) is 0.465. The van der Waals surface area contributed by atoms with Crippen LogP contribution < -0.4 is 5.32 Å². The summed E-state index contributed by atoms with van der Waals surface area (Å²) in [4.78, 5) is 39.4. The maximum Gasteiger partial charge on any atom is 0.360 e. The Morgan fingerprint density at radius 3 is 2.62 bits per heavy atom. The van der Waals surface area contributed by atoms with Crippen molar-refractivity contribution >= 4 is 42.0 Å². The van der Waals surface area contributed by atoms with E-state index in [1.165, 1.54) is 10.9 Å². The molecule has 1 saturated heterocycles. The lowest BCUT2D eigenvalue weighted by Crippen LogP contribution is -2.43. The number of aliphatic carboxylic acids is 1. The van der Waals surface area contributed by atoms with E-state index in [4.69, 9.17) is 25.8 Å². The van der Waals surface area contributed by atoms with Gasteiger partial charge in [-0.2, -0.15) is 15.1 Å². The summed E-state index contributed by atoms with van der Waals surface area (Å²) in [5.74, 6) is -1.06. The molecular formula is C20H29ClN5O10P. The second-order valence-corrected chi connectivity index (χ2v) is 11.4. The van der Waals surface area contributed by atoms with Gasteiger partial charge in [-0.25, -0.2) is 4.68 Å². The summed E-state index contributed by atoms with van der Waals surface area (Å²) in [6, 6.07) is 0.224. The van der Waals surface area contributed by atoms with E-state index in [1.807, 2.05) is 0 Å². The highest BCUT2D eigenvalue weighted by molar-refractivity contribution is 7.53. The second-order valence-electron chi connectivity index (χ2n) is 9.14. The van der Waals surface area contributed by atoms with Crippen molar-refractivity contribution in [2.24, 2.45) is 0 Å². The lowest BCUT2D eigenvalue weighted by atomic mass is 10.1. The first-order valence-electron chi connectivity index (χ1n) is 11.5. The molecule has 17 heteroatoms. The predicted molar refractivity (Wildman–Crippen MR) is 127 cm³/mol. The van der Waals surface area contributed by atoms with E-state index in [2.05, 4.69) is 20.4 Å². The largest absolute Gasteiger partial charge is 0.481 e. The molecule has 0 amide bonds. The first-order valence-corrected chi connectivity index (χ1v) is 13.5. The molecule has 0 radical (unpaired) electrons. The third-order valence-electron chi connectivity index (χ3n) is 6.55. The number of fused-ring (bicyclic) bond motifs is 1. The summed E-state index contributed by atoms with van der Waals surface area (Å²) >= 11 is 6.14. The van der Waals surface area contributed by atoms with Crippen LogP contribution in [0.15, 0.2) is 6.20 Å². The van der Waals surface area contributed by atoms with Gasteiger partial charge in [-0.05, 0) is 24.4 Å². The van der Waals surface area contributed by atoms with Gasteiger partial charge >= 0.3 is 13.6 Å². The van der Waals surface area contributed by atoms with E-state index in [-0.39, 0.29) is 17.0 Å². The first kappa shape index (κ1) is 28.1. The van der Waals surface area contributed by atoms with Crippen molar-refractivity contribution in [3.8, 4) is 0 Å². The Hall–Kier alpha value is -1.94. The van der Waals surface area contributed by atoms with Crippen LogP contribution in [0.4, 0.5) is 5.82 Å². The minimum atomic E-state index is -5.17. The van der Waals surface area contributed by atoms with Crippen molar-refractivity contribution in [1.29, 1.82) is 0 Å². The molecule has 1 saturated carbocycles. The van der Waals surface area contributed by atoms with Crippen LogP contribution in [0.3, 0.4) is 0 Å². The van der Waals surface area contributed by atoms with Crippen molar-refractivity contribution in [3.05, 3.63) is 11.5 Å². The monoisotopic (exact) mass is 565 g/mol. The smallest absolute Gasteiger partial charge is 0.360 e. The third kappa shape index (κ3) is 5.75. The van der Waals surface area contributed by atoms with Gasteiger partial charge in [0, 0.05) is 13.2 Å². The van der Waals surface area contributed by atoms with Crippen LogP contribution in [0.5, 0.6) is 0 Å². The number of methoxy groups -OCH3 is 1. The zero-order chi connectivity index (χ0) is 27.0. The first-order chi connectivity index (χ1) is 17.5. The number of aliphatic hydroxyl groups is 2. The number of carboxylic acid groups (broad SMARTS) is 1. The Labute approximate surface area is 215 Å². The summed E-state index contributed by atoms with van der Waals surface area (Å²) in [7, 11) is -4.05. The molecule has 2 fully saturated rings. The lowest BCUT2D eigenvalue weighted by molar-refractivity contribution is -0.149. The maximum atomic E-state index is 12.1. The van der Waals surface area contributed by atoms with E-state index < -0.39 is 63.1 Å². The van der Waals surface area contributed by atoms with Gasteiger partial charge in [0.05, 0.1) is 31.2 Å². The summed E-state index contributed by atoms with van der Waals surface area (Å²) in [5, 5.41) is 36.0. The van der Waals surface area contributed by atoms with Crippen LogP contribution >= 0.6 is 19.2 Å². The molecule has 15 nitrogen and oxygen atoms in total. The number of halogens is 1. The van der Waals surface area contributed by atoms with Crippen LogP contribution in [0.2, 0.25) is 5.28 Å². The van der Waals surface area contributed by atoms with E-state index >= 15 is 0 Å². The molecule has 2 aromatic heterocycles. The zero-order valence-corrected chi connectivity index (χ0v) is 21.5. The van der Waals surface area contributed by atoms with Crippen LogP contribution in [0.1, 0.15) is 38.3 Å². The number of ether oxygens (including phenoxy) is 3. The minimum Gasteiger partial charge on any atom is -0.481 e. The van der Waals surface area contributed by atoms with Gasteiger partial charge in [0.25, 0.3) is 0 Å². The number of nitrogens with zero attached hydrogens (tertiary/aromatic N) is 4. The number of rotatable bonds is 11. The summed E-state index contributed by atoms with van der Waals surface area (Å²) in [6.45, 7) is -1.41. The van der Waals surface area contributed by atoms with Crippen molar-refractivity contribution in [2.75, 3.05) is 25.6 Å². The number of aromatic nitrogens is 4. The fraction of sp³-hybridized carbons (Fsp3) is 0.700. The molecule has 0 aromatic carbocycles. The molecule has 1 aliphatic heterocycles. The fourth-order valence-electron chi connectivity index (χ4n) is 4.64. The van der Waals surface area contributed by atoms with E-state index in [9.17, 15) is 34.5 Å².